The largest absolute Gasteiger partial charge is 0.411 e. The molecule has 5 nitrogen and oxygen atoms in total. The number of anilines is 1. The first-order chi connectivity index (χ1) is 13.7. The van der Waals surface area contributed by atoms with Gasteiger partial charge in [-0.3, -0.25) is 0 Å². The first-order valence-electron chi connectivity index (χ1n) is 9.70. The zero-order chi connectivity index (χ0) is 19.3. The van der Waals surface area contributed by atoms with E-state index in [0.29, 0.717) is 18.1 Å². The second-order valence-electron chi connectivity index (χ2n) is 7.25. The minimum atomic E-state index is 0.228. The fraction of sp³-hybridized carbons (Fsp3) is 0.261. The number of aromatic nitrogens is 2. The molecule has 3 aromatic rings. The molecule has 1 aromatic heterocycles. The lowest BCUT2D eigenvalue weighted by Gasteiger charge is -2.26. The zero-order valence-electron chi connectivity index (χ0n) is 15.8. The van der Waals surface area contributed by atoms with Gasteiger partial charge in [-0.2, -0.15) is 0 Å². The topological polar surface area (TPSA) is 84.4 Å². The molecule has 1 atom stereocenters. The van der Waals surface area contributed by atoms with E-state index < -0.39 is 0 Å². The summed E-state index contributed by atoms with van der Waals surface area (Å²) in [5, 5.41) is 13.3. The van der Waals surface area contributed by atoms with Crippen LogP contribution in [0.4, 0.5) is 5.95 Å². The Morgan fingerprint density at radius 3 is 2.36 bits per heavy atom. The van der Waals surface area contributed by atoms with E-state index in [4.69, 9.17) is 5.73 Å². The Morgan fingerprint density at radius 2 is 1.64 bits per heavy atom. The molecule has 4 rings (SSSR count). The molecule has 0 fully saturated rings. The van der Waals surface area contributed by atoms with Crippen molar-refractivity contribution >= 4 is 11.7 Å². The van der Waals surface area contributed by atoms with Crippen molar-refractivity contribution in [1.82, 2.24) is 9.97 Å². The summed E-state index contributed by atoms with van der Waals surface area (Å²) >= 11 is 0. The molecular formula is C23H24N4O. The van der Waals surface area contributed by atoms with E-state index in [1.54, 1.807) is 0 Å². The van der Waals surface area contributed by atoms with Crippen LogP contribution in [-0.2, 0) is 19.3 Å². The van der Waals surface area contributed by atoms with Crippen LogP contribution < -0.4 is 5.73 Å². The van der Waals surface area contributed by atoms with Crippen LogP contribution in [-0.4, -0.2) is 20.9 Å². The van der Waals surface area contributed by atoms with Gasteiger partial charge in [-0.05, 0) is 42.7 Å². The van der Waals surface area contributed by atoms with Crippen molar-refractivity contribution in [3.05, 3.63) is 88.7 Å². The van der Waals surface area contributed by atoms with E-state index in [2.05, 4.69) is 51.5 Å². The Balaban J connectivity index is 1.59. The minimum absolute atomic E-state index is 0.228. The van der Waals surface area contributed by atoms with Crippen LogP contribution in [0.1, 0.15) is 46.8 Å². The Morgan fingerprint density at radius 1 is 0.929 bits per heavy atom. The van der Waals surface area contributed by atoms with Gasteiger partial charge in [0.05, 0.1) is 17.1 Å². The van der Waals surface area contributed by atoms with Crippen LogP contribution in [0.3, 0.4) is 0 Å². The molecular weight excluding hydrogens is 348 g/mol. The maximum Gasteiger partial charge on any atom is 0.220 e. The number of rotatable bonds is 5. The number of benzene rings is 2. The zero-order valence-corrected chi connectivity index (χ0v) is 15.8. The Bertz CT molecular complexity index is 971. The van der Waals surface area contributed by atoms with Crippen molar-refractivity contribution in [3.8, 4) is 0 Å². The van der Waals surface area contributed by atoms with Gasteiger partial charge in [0, 0.05) is 12.0 Å². The molecule has 142 valence electrons. The monoisotopic (exact) mass is 372 g/mol. The average molecular weight is 372 g/mol. The number of nitrogens with zero attached hydrogens (tertiary/aromatic N) is 3. The number of hydrogen-bond donors (Lipinski definition) is 2. The lowest BCUT2D eigenvalue weighted by atomic mass is 9.80. The molecule has 0 aliphatic heterocycles. The molecule has 1 aliphatic carbocycles. The van der Waals surface area contributed by atoms with Crippen LogP contribution >= 0.6 is 0 Å². The molecule has 1 heterocycles. The summed E-state index contributed by atoms with van der Waals surface area (Å²) in [6.07, 6.45) is 4.15. The van der Waals surface area contributed by atoms with E-state index in [1.165, 1.54) is 11.1 Å². The molecule has 0 saturated carbocycles. The van der Waals surface area contributed by atoms with E-state index in [0.717, 1.165) is 42.6 Å². The number of nitrogen functional groups attached to an aromatic ring is 1. The van der Waals surface area contributed by atoms with Crippen LogP contribution in [0.15, 0.2) is 65.8 Å². The molecule has 1 aliphatic rings. The van der Waals surface area contributed by atoms with Crippen LogP contribution in [0.2, 0.25) is 0 Å². The third-order valence-electron chi connectivity index (χ3n) is 5.36. The van der Waals surface area contributed by atoms with Crippen molar-refractivity contribution in [1.29, 1.82) is 0 Å². The van der Waals surface area contributed by atoms with E-state index in [-0.39, 0.29) is 5.92 Å². The van der Waals surface area contributed by atoms with Crippen molar-refractivity contribution in [2.45, 2.75) is 38.0 Å². The number of oxime groups is 1. The second-order valence-corrected chi connectivity index (χ2v) is 7.25. The van der Waals surface area contributed by atoms with Gasteiger partial charge in [0.1, 0.15) is 0 Å². The Hall–Kier alpha value is -3.21. The fourth-order valence-electron chi connectivity index (χ4n) is 4.04. The lowest BCUT2D eigenvalue weighted by molar-refractivity contribution is 0.316. The summed E-state index contributed by atoms with van der Waals surface area (Å²) in [6.45, 7) is 0. The molecule has 0 bridgehead atoms. The highest BCUT2D eigenvalue weighted by Crippen LogP contribution is 2.34. The van der Waals surface area contributed by atoms with E-state index >= 15 is 0 Å². The summed E-state index contributed by atoms with van der Waals surface area (Å²) < 4.78 is 0. The van der Waals surface area contributed by atoms with Gasteiger partial charge in [0.15, 0.2) is 0 Å². The SMILES string of the molecule is Nc1nc(CCCc2ccccc2)c2c(n1)CC(c1ccccc1)C/C2=N\O. The first kappa shape index (κ1) is 18.2. The highest BCUT2D eigenvalue weighted by molar-refractivity contribution is 6.03. The maximum absolute atomic E-state index is 9.70. The minimum Gasteiger partial charge on any atom is -0.411 e. The van der Waals surface area contributed by atoms with Crippen LogP contribution in [0, 0.1) is 0 Å². The summed E-state index contributed by atoms with van der Waals surface area (Å²) in [5.41, 5.74) is 11.9. The summed E-state index contributed by atoms with van der Waals surface area (Å²) in [5.74, 6) is 0.519. The van der Waals surface area contributed by atoms with Gasteiger partial charge in [-0.1, -0.05) is 65.8 Å². The highest BCUT2D eigenvalue weighted by atomic mass is 16.4. The maximum atomic E-state index is 9.70. The van der Waals surface area contributed by atoms with E-state index in [9.17, 15) is 5.21 Å². The molecule has 28 heavy (non-hydrogen) atoms. The number of hydrogen-bond acceptors (Lipinski definition) is 5. The molecule has 0 amide bonds. The smallest absolute Gasteiger partial charge is 0.220 e. The van der Waals surface area contributed by atoms with Crippen molar-refractivity contribution in [3.63, 3.8) is 0 Å². The summed E-state index contributed by atoms with van der Waals surface area (Å²) in [6, 6.07) is 20.7. The van der Waals surface area contributed by atoms with Crippen LogP contribution in [0.25, 0.3) is 0 Å². The number of fused-ring (bicyclic) bond motifs is 1. The predicted octanol–water partition coefficient (Wildman–Crippen LogP) is 4.14. The van der Waals surface area contributed by atoms with Crippen molar-refractivity contribution in [2.24, 2.45) is 5.16 Å². The highest BCUT2D eigenvalue weighted by Gasteiger charge is 2.29. The molecule has 0 radical (unpaired) electrons. The number of nitrogens with two attached hydrogens (primary N) is 1. The molecule has 5 heteroatoms. The van der Waals surface area contributed by atoms with Gasteiger partial charge in [0.2, 0.25) is 5.95 Å². The summed E-state index contributed by atoms with van der Waals surface area (Å²) in [4.78, 5) is 8.98. The third-order valence-corrected chi connectivity index (χ3v) is 5.36. The average Bonchev–Trinajstić information content (AvgIpc) is 2.74. The van der Waals surface area contributed by atoms with Crippen molar-refractivity contribution in [2.75, 3.05) is 5.73 Å². The quantitative estimate of drug-likeness (QED) is 0.521. The summed E-state index contributed by atoms with van der Waals surface area (Å²) in [7, 11) is 0. The molecule has 0 spiro atoms. The van der Waals surface area contributed by atoms with Crippen molar-refractivity contribution < 1.29 is 5.21 Å². The predicted molar refractivity (Wildman–Crippen MR) is 111 cm³/mol. The third kappa shape index (κ3) is 3.88. The molecule has 1 unspecified atom stereocenters. The number of aryl methyl sites for hydroxylation is 2. The molecule has 2 aromatic carbocycles. The standard InChI is InChI=1S/C23H24N4O/c24-23-25-19(13-7-10-16-8-3-1-4-9-16)22-20(26-23)14-18(15-21(22)27-28)17-11-5-2-6-12-17/h1-6,8-9,11-12,18,28H,7,10,13-15H2,(H2,24,25,26)/b27-21+. The van der Waals surface area contributed by atoms with Gasteiger partial charge in [-0.15, -0.1) is 0 Å². The molecule has 0 saturated heterocycles. The molecule has 3 N–H and O–H groups in total. The van der Waals surface area contributed by atoms with E-state index in [1.807, 2.05) is 24.3 Å². The lowest BCUT2D eigenvalue weighted by Crippen LogP contribution is -2.24. The second kappa shape index (κ2) is 8.21. The Kier molecular flexibility index (Phi) is 5.33. The normalized spacial score (nSPS) is 17.4. The van der Waals surface area contributed by atoms with Crippen LogP contribution in [0.5, 0.6) is 0 Å². The fourth-order valence-corrected chi connectivity index (χ4v) is 4.04. The van der Waals surface area contributed by atoms with Gasteiger partial charge in [0.25, 0.3) is 0 Å². The van der Waals surface area contributed by atoms with Gasteiger partial charge < -0.3 is 10.9 Å². The first-order valence-corrected chi connectivity index (χ1v) is 9.70. The Labute approximate surface area is 165 Å². The van der Waals surface area contributed by atoms with Gasteiger partial charge in [-0.25, -0.2) is 9.97 Å². The van der Waals surface area contributed by atoms with Gasteiger partial charge >= 0.3 is 0 Å².